The van der Waals surface area contributed by atoms with Gasteiger partial charge in [0.2, 0.25) is 0 Å². The monoisotopic (exact) mass is 189 g/mol. The lowest BCUT2D eigenvalue weighted by Gasteiger charge is -2.19. The molecule has 0 heterocycles. The molecule has 0 aromatic carbocycles. The molecule has 0 radical (unpaired) electrons. The SMILES string of the molecule is CC(C)(C)OC(=O)NC1CC1CF. The number of ether oxygens (including phenoxy) is 1. The molecule has 0 bridgehead atoms. The van der Waals surface area contributed by atoms with Crippen molar-refractivity contribution in [1.82, 2.24) is 5.32 Å². The van der Waals surface area contributed by atoms with Gasteiger partial charge in [0, 0.05) is 12.0 Å². The van der Waals surface area contributed by atoms with Crippen molar-refractivity contribution in [3.8, 4) is 0 Å². The van der Waals surface area contributed by atoms with Crippen molar-refractivity contribution in [2.75, 3.05) is 6.67 Å². The highest BCUT2D eigenvalue weighted by molar-refractivity contribution is 5.68. The summed E-state index contributed by atoms with van der Waals surface area (Å²) in [6.45, 7) is 5.03. The number of carbonyl (C=O) groups is 1. The maximum Gasteiger partial charge on any atom is 0.407 e. The van der Waals surface area contributed by atoms with Gasteiger partial charge < -0.3 is 10.1 Å². The molecule has 1 saturated carbocycles. The maximum absolute atomic E-state index is 12.0. The summed E-state index contributed by atoms with van der Waals surface area (Å²) >= 11 is 0. The van der Waals surface area contributed by atoms with Gasteiger partial charge in [-0.05, 0) is 27.2 Å². The van der Waals surface area contributed by atoms with Crippen LogP contribution in [0, 0.1) is 5.92 Å². The smallest absolute Gasteiger partial charge is 0.407 e. The minimum Gasteiger partial charge on any atom is -0.444 e. The number of alkyl carbamates (subject to hydrolysis) is 1. The second-order valence-electron chi connectivity index (χ2n) is 4.40. The number of halogens is 1. The van der Waals surface area contributed by atoms with Gasteiger partial charge in [-0.1, -0.05) is 0 Å². The minimum absolute atomic E-state index is 0.00696. The van der Waals surface area contributed by atoms with Gasteiger partial charge in [-0.3, -0.25) is 4.39 Å². The molecule has 1 N–H and O–H groups in total. The molecule has 2 unspecified atom stereocenters. The average molecular weight is 189 g/mol. The third-order valence-electron chi connectivity index (χ3n) is 1.82. The lowest BCUT2D eigenvalue weighted by atomic mass is 10.2. The highest BCUT2D eigenvalue weighted by Gasteiger charge is 2.39. The van der Waals surface area contributed by atoms with Gasteiger partial charge in [-0.15, -0.1) is 0 Å². The van der Waals surface area contributed by atoms with Crippen LogP contribution in [0.3, 0.4) is 0 Å². The van der Waals surface area contributed by atoms with Crippen LogP contribution in [0.2, 0.25) is 0 Å². The van der Waals surface area contributed by atoms with Crippen molar-refractivity contribution in [2.45, 2.75) is 38.8 Å². The summed E-state index contributed by atoms with van der Waals surface area (Å²) in [5.41, 5.74) is -0.482. The number of hydrogen-bond acceptors (Lipinski definition) is 2. The van der Waals surface area contributed by atoms with E-state index in [2.05, 4.69) is 5.32 Å². The standard InChI is InChI=1S/C9H16FNO2/c1-9(2,3)13-8(12)11-7-4-6(7)5-10/h6-7H,4-5H2,1-3H3,(H,11,12). The predicted molar refractivity (Wildman–Crippen MR) is 47.2 cm³/mol. The summed E-state index contributed by atoms with van der Waals surface area (Å²) in [6.07, 6.45) is 0.281. The molecule has 1 amide bonds. The summed E-state index contributed by atoms with van der Waals surface area (Å²) in [5.74, 6) is 0.00696. The zero-order chi connectivity index (χ0) is 10.1. The number of alkyl halides is 1. The van der Waals surface area contributed by atoms with Gasteiger partial charge in [0.15, 0.2) is 0 Å². The Hall–Kier alpha value is -0.800. The Labute approximate surface area is 77.6 Å². The van der Waals surface area contributed by atoms with Crippen molar-refractivity contribution < 1.29 is 13.9 Å². The molecule has 0 saturated heterocycles. The van der Waals surface area contributed by atoms with Crippen LogP contribution in [-0.2, 0) is 4.74 Å². The van der Waals surface area contributed by atoms with E-state index in [4.69, 9.17) is 4.74 Å². The maximum atomic E-state index is 12.0. The molecule has 0 aromatic rings. The molecule has 2 atom stereocenters. The van der Waals surface area contributed by atoms with E-state index in [1.54, 1.807) is 20.8 Å². The first-order chi connectivity index (χ1) is 5.92. The predicted octanol–water partition coefficient (Wildman–Crippen LogP) is 1.87. The Morgan fingerprint density at radius 1 is 1.62 bits per heavy atom. The molecule has 1 rings (SSSR count). The van der Waals surface area contributed by atoms with Gasteiger partial charge in [-0.25, -0.2) is 4.79 Å². The van der Waals surface area contributed by atoms with E-state index in [1.165, 1.54) is 0 Å². The fraction of sp³-hybridized carbons (Fsp3) is 0.889. The second-order valence-corrected chi connectivity index (χ2v) is 4.40. The summed E-state index contributed by atoms with van der Waals surface area (Å²) < 4.78 is 17.0. The third-order valence-corrected chi connectivity index (χ3v) is 1.82. The Morgan fingerprint density at radius 2 is 2.23 bits per heavy atom. The van der Waals surface area contributed by atoms with Crippen molar-refractivity contribution in [3.63, 3.8) is 0 Å². The Balaban J connectivity index is 2.20. The second kappa shape index (κ2) is 3.52. The van der Waals surface area contributed by atoms with E-state index in [0.717, 1.165) is 6.42 Å². The lowest BCUT2D eigenvalue weighted by molar-refractivity contribution is 0.0520. The quantitative estimate of drug-likeness (QED) is 0.720. The van der Waals surface area contributed by atoms with Gasteiger partial charge in [-0.2, -0.15) is 0 Å². The minimum atomic E-state index is -0.482. The summed E-state index contributed by atoms with van der Waals surface area (Å²) in [6, 6.07) is -0.0140. The molecule has 1 aliphatic rings. The number of amides is 1. The number of hydrogen-bond donors (Lipinski definition) is 1. The molecule has 13 heavy (non-hydrogen) atoms. The summed E-state index contributed by atoms with van der Waals surface area (Å²) in [7, 11) is 0. The molecule has 3 nitrogen and oxygen atoms in total. The van der Waals surface area contributed by atoms with Crippen molar-refractivity contribution in [3.05, 3.63) is 0 Å². The molecular weight excluding hydrogens is 173 g/mol. The first-order valence-electron chi connectivity index (χ1n) is 4.48. The van der Waals surface area contributed by atoms with Crippen LogP contribution in [0.4, 0.5) is 9.18 Å². The number of nitrogens with one attached hydrogen (secondary N) is 1. The number of rotatable bonds is 2. The van der Waals surface area contributed by atoms with Crippen LogP contribution >= 0.6 is 0 Å². The molecule has 0 spiro atoms. The molecular formula is C9H16FNO2. The van der Waals surface area contributed by atoms with Crippen molar-refractivity contribution in [1.29, 1.82) is 0 Å². The number of carbonyl (C=O) groups excluding carboxylic acids is 1. The van der Waals surface area contributed by atoms with Gasteiger partial charge in [0.25, 0.3) is 0 Å². The fourth-order valence-electron chi connectivity index (χ4n) is 1.05. The molecule has 1 aliphatic carbocycles. The molecule has 1 fully saturated rings. The van der Waals surface area contributed by atoms with Gasteiger partial charge >= 0.3 is 6.09 Å². The van der Waals surface area contributed by atoms with Crippen LogP contribution in [-0.4, -0.2) is 24.4 Å². The van der Waals surface area contributed by atoms with Crippen LogP contribution in [0.15, 0.2) is 0 Å². The summed E-state index contributed by atoms with van der Waals surface area (Å²) in [4.78, 5) is 11.1. The highest BCUT2D eigenvalue weighted by atomic mass is 19.1. The van der Waals surface area contributed by atoms with Crippen LogP contribution in [0.25, 0.3) is 0 Å². The zero-order valence-corrected chi connectivity index (χ0v) is 8.26. The third kappa shape index (κ3) is 3.61. The van der Waals surface area contributed by atoms with Gasteiger partial charge in [0.05, 0.1) is 6.67 Å². The lowest BCUT2D eigenvalue weighted by Crippen LogP contribution is -2.34. The van der Waals surface area contributed by atoms with E-state index in [9.17, 15) is 9.18 Å². The average Bonchev–Trinajstić information content (AvgIpc) is 2.62. The fourth-order valence-corrected chi connectivity index (χ4v) is 1.05. The molecule has 0 aliphatic heterocycles. The van der Waals surface area contributed by atoms with Crippen LogP contribution in [0.5, 0.6) is 0 Å². The van der Waals surface area contributed by atoms with E-state index in [-0.39, 0.29) is 18.6 Å². The first-order valence-corrected chi connectivity index (χ1v) is 4.48. The normalized spacial score (nSPS) is 26.8. The van der Waals surface area contributed by atoms with Crippen molar-refractivity contribution >= 4 is 6.09 Å². The van der Waals surface area contributed by atoms with Crippen molar-refractivity contribution in [2.24, 2.45) is 5.92 Å². The first kappa shape index (κ1) is 10.3. The van der Waals surface area contributed by atoms with Crippen LogP contribution < -0.4 is 5.32 Å². The summed E-state index contributed by atoms with van der Waals surface area (Å²) in [5, 5.41) is 2.61. The molecule has 4 heteroatoms. The highest BCUT2D eigenvalue weighted by Crippen LogP contribution is 2.30. The van der Waals surface area contributed by atoms with E-state index in [1.807, 2.05) is 0 Å². The zero-order valence-electron chi connectivity index (χ0n) is 8.26. The molecule has 76 valence electrons. The largest absolute Gasteiger partial charge is 0.444 e. The van der Waals surface area contributed by atoms with Crippen LogP contribution in [0.1, 0.15) is 27.2 Å². The Morgan fingerprint density at radius 3 is 2.62 bits per heavy atom. The Kier molecular flexibility index (Phi) is 2.78. The van der Waals surface area contributed by atoms with Gasteiger partial charge in [0.1, 0.15) is 5.60 Å². The Bertz CT molecular complexity index is 200. The topological polar surface area (TPSA) is 38.3 Å². The molecule has 0 aromatic heterocycles. The van der Waals surface area contributed by atoms with E-state index < -0.39 is 11.7 Å². The van der Waals surface area contributed by atoms with E-state index in [0.29, 0.717) is 0 Å². The van der Waals surface area contributed by atoms with E-state index >= 15 is 0 Å².